The molecule has 1 fully saturated rings. The lowest BCUT2D eigenvalue weighted by Crippen LogP contribution is -2.47. The molecule has 0 aromatic heterocycles. The molecule has 1 aliphatic rings. The summed E-state index contributed by atoms with van der Waals surface area (Å²) in [5.74, 6) is 0. The normalized spacial score (nSPS) is 24.3. The van der Waals surface area contributed by atoms with E-state index in [1.165, 1.54) is 5.69 Å². The van der Waals surface area contributed by atoms with Crippen molar-refractivity contribution in [2.75, 3.05) is 31.6 Å². The lowest BCUT2D eigenvalue weighted by atomic mass is 9.97. The van der Waals surface area contributed by atoms with E-state index in [1.807, 2.05) is 6.07 Å². The molecule has 1 N–H and O–H groups in total. The third-order valence-electron chi connectivity index (χ3n) is 4.15. The molecule has 0 amide bonds. The maximum absolute atomic E-state index is 9.60. The van der Waals surface area contributed by atoms with E-state index in [0.717, 1.165) is 24.0 Å². The highest BCUT2D eigenvalue weighted by Crippen LogP contribution is 2.31. The van der Waals surface area contributed by atoms with Crippen LogP contribution in [0.2, 0.25) is 0 Å². The second-order valence-corrected chi connectivity index (χ2v) is 6.89. The second-order valence-electron chi connectivity index (χ2n) is 5.97. The monoisotopic (exact) mass is 326 g/mol. The SMILES string of the molecule is CN1CCC(C)(C)N(c2cccc(Br)c2)CC1CO. The minimum atomic E-state index is 0.0962. The molecular weight excluding hydrogens is 304 g/mol. The van der Waals surface area contributed by atoms with E-state index in [9.17, 15) is 5.11 Å². The van der Waals surface area contributed by atoms with Gasteiger partial charge >= 0.3 is 0 Å². The predicted molar refractivity (Wildman–Crippen MR) is 83.7 cm³/mol. The van der Waals surface area contributed by atoms with Crippen LogP contribution < -0.4 is 4.90 Å². The highest BCUT2D eigenvalue weighted by molar-refractivity contribution is 9.10. The van der Waals surface area contributed by atoms with Crippen LogP contribution in [0.15, 0.2) is 28.7 Å². The lowest BCUT2D eigenvalue weighted by molar-refractivity contribution is 0.158. The van der Waals surface area contributed by atoms with Gasteiger partial charge in [-0.2, -0.15) is 0 Å². The fourth-order valence-electron chi connectivity index (χ4n) is 2.66. The van der Waals surface area contributed by atoms with E-state index in [2.05, 4.69) is 64.8 Å². The van der Waals surface area contributed by atoms with E-state index in [-0.39, 0.29) is 18.2 Å². The summed E-state index contributed by atoms with van der Waals surface area (Å²) in [5, 5.41) is 9.60. The Morgan fingerprint density at radius 3 is 2.79 bits per heavy atom. The average molecular weight is 327 g/mol. The Labute approximate surface area is 124 Å². The van der Waals surface area contributed by atoms with Crippen LogP contribution in [0.3, 0.4) is 0 Å². The maximum Gasteiger partial charge on any atom is 0.0604 e. The van der Waals surface area contributed by atoms with E-state index < -0.39 is 0 Å². The van der Waals surface area contributed by atoms with Crippen molar-refractivity contribution in [2.24, 2.45) is 0 Å². The number of aliphatic hydroxyl groups is 1. The Morgan fingerprint density at radius 2 is 2.16 bits per heavy atom. The van der Waals surface area contributed by atoms with E-state index in [4.69, 9.17) is 0 Å². The smallest absolute Gasteiger partial charge is 0.0604 e. The van der Waals surface area contributed by atoms with Gasteiger partial charge in [0.2, 0.25) is 0 Å². The minimum absolute atomic E-state index is 0.0962. The average Bonchev–Trinajstić information content (AvgIpc) is 2.47. The highest BCUT2D eigenvalue weighted by atomic mass is 79.9. The van der Waals surface area contributed by atoms with Crippen molar-refractivity contribution in [1.82, 2.24) is 4.90 Å². The molecule has 19 heavy (non-hydrogen) atoms. The number of benzene rings is 1. The Balaban J connectivity index is 2.33. The molecule has 1 aromatic carbocycles. The molecule has 1 aliphatic heterocycles. The summed E-state index contributed by atoms with van der Waals surface area (Å²) in [7, 11) is 2.10. The Morgan fingerprint density at radius 1 is 1.42 bits per heavy atom. The van der Waals surface area contributed by atoms with Crippen molar-refractivity contribution in [3.05, 3.63) is 28.7 Å². The van der Waals surface area contributed by atoms with Crippen molar-refractivity contribution in [3.63, 3.8) is 0 Å². The third kappa shape index (κ3) is 3.30. The van der Waals surface area contributed by atoms with Crippen molar-refractivity contribution >= 4 is 21.6 Å². The summed E-state index contributed by atoms with van der Waals surface area (Å²) in [6, 6.07) is 8.61. The van der Waals surface area contributed by atoms with Crippen LogP contribution >= 0.6 is 15.9 Å². The number of halogens is 1. The van der Waals surface area contributed by atoms with Gasteiger partial charge < -0.3 is 10.0 Å². The summed E-state index contributed by atoms with van der Waals surface area (Å²) in [6.45, 7) is 6.64. The molecule has 1 aromatic rings. The number of hydrogen-bond donors (Lipinski definition) is 1. The Hall–Kier alpha value is -0.580. The topological polar surface area (TPSA) is 26.7 Å². The summed E-state index contributed by atoms with van der Waals surface area (Å²) in [5.41, 5.74) is 1.31. The molecule has 0 aliphatic carbocycles. The molecule has 4 heteroatoms. The fraction of sp³-hybridized carbons (Fsp3) is 0.600. The van der Waals surface area contributed by atoms with Crippen LogP contribution in [0, 0.1) is 0 Å². The lowest BCUT2D eigenvalue weighted by Gasteiger charge is -2.40. The van der Waals surface area contributed by atoms with Gasteiger partial charge in [-0.15, -0.1) is 0 Å². The summed E-state index contributed by atoms with van der Waals surface area (Å²) in [6.07, 6.45) is 1.09. The number of nitrogens with zero attached hydrogens (tertiary/aromatic N) is 2. The van der Waals surface area contributed by atoms with Crippen LogP contribution in [-0.4, -0.2) is 48.3 Å². The van der Waals surface area contributed by atoms with Crippen molar-refractivity contribution in [3.8, 4) is 0 Å². The van der Waals surface area contributed by atoms with Crippen LogP contribution in [-0.2, 0) is 0 Å². The Kier molecular flexibility index (Phi) is 4.54. The zero-order valence-corrected chi connectivity index (χ0v) is 13.5. The van der Waals surface area contributed by atoms with E-state index >= 15 is 0 Å². The molecule has 1 unspecified atom stereocenters. The molecule has 0 radical (unpaired) electrons. The Bertz CT molecular complexity index is 436. The van der Waals surface area contributed by atoms with Crippen molar-refractivity contribution in [2.45, 2.75) is 31.8 Å². The van der Waals surface area contributed by atoms with Crippen LogP contribution in [0.4, 0.5) is 5.69 Å². The quantitative estimate of drug-likeness (QED) is 0.905. The van der Waals surface area contributed by atoms with Crippen molar-refractivity contribution < 1.29 is 5.11 Å². The molecule has 0 saturated carbocycles. The largest absolute Gasteiger partial charge is 0.395 e. The molecule has 2 rings (SSSR count). The number of anilines is 1. The van der Waals surface area contributed by atoms with Crippen LogP contribution in [0.5, 0.6) is 0 Å². The minimum Gasteiger partial charge on any atom is -0.395 e. The predicted octanol–water partition coefficient (Wildman–Crippen LogP) is 2.73. The summed E-state index contributed by atoms with van der Waals surface area (Å²) >= 11 is 3.54. The first-order valence-electron chi connectivity index (χ1n) is 6.78. The van der Waals surface area contributed by atoms with Gasteiger partial charge in [0.25, 0.3) is 0 Å². The second kappa shape index (κ2) is 5.81. The number of rotatable bonds is 2. The molecular formula is C15H23BrN2O. The zero-order chi connectivity index (χ0) is 14.0. The third-order valence-corrected chi connectivity index (χ3v) is 4.65. The van der Waals surface area contributed by atoms with Crippen LogP contribution in [0.1, 0.15) is 20.3 Å². The van der Waals surface area contributed by atoms with Crippen molar-refractivity contribution in [1.29, 1.82) is 0 Å². The molecule has 3 nitrogen and oxygen atoms in total. The first-order chi connectivity index (χ1) is 8.94. The summed E-state index contributed by atoms with van der Waals surface area (Å²) < 4.78 is 1.10. The standard InChI is InChI=1S/C15H23BrN2O/c1-15(2)7-8-17(3)14(11-19)10-18(15)13-6-4-5-12(16)9-13/h4-6,9,14,19H,7-8,10-11H2,1-3H3. The molecule has 0 spiro atoms. The number of likely N-dealkylation sites (N-methyl/N-ethyl adjacent to an activating group) is 1. The first-order valence-corrected chi connectivity index (χ1v) is 7.57. The van der Waals surface area contributed by atoms with Gasteiger partial charge in [0.05, 0.1) is 6.61 Å². The van der Waals surface area contributed by atoms with E-state index in [0.29, 0.717) is 0 Å². The molecule has 1 atom stereocenters. The summed E-state index contributed by atoms with van der Waals surface area (Å²) in [4.78, 5) is 4.68. The maximum atomic E-state index is 9.60. The zero-order valence-electron chi connectivity index (χ0n) is 11.9. The molecule has 106 valence electrons. The highest BCUT2D eigenvalue weighted by Gasteiger charge is 2.33. The first kappa shape index (κ1) is 14.8. The van der Waals surface area contributed by atoms with Gasteiger partial charge in [0.15, 0.2) is 0 Å². The van der Waals surface area contributed by atoms with Gasteiger partial charge in [0.1, 0.15) is 0 Å². The number of hydrogen-bond acceptors (Lipinski definition) is 3. The molecule has 1 saturated heterocycles. The van der Waals surface area contributed by atoms with Crippen LogP contribution in [0.25, 0.3) is 0 Å². The van der Waals surface area contributed by atoms with Gasteiger partial charge in [-0.3, -0.25) is 4.90 Å². The van der Waals surface area contributed by atoms with Gasteiger partial charge in [-0.05, 0) is 45.5 Å². The fourth-order valence-corrected chi connectivity index (χ4v) is 3.05. The van der Waals surface area contributed by atoms with E-state index in [1.54, 1.807) is 0 Å². The van der Waals surface area contributed by atoms with Gasteiger partial charge in [-0.25, -0.2) is 0 Å². The molecule has 1 heterocycles. The molecule has 0 bridgehead atoms. The van der Waals surface area contributed by atoms with Gasteiger partial charge in [-0.1, -0.05) is 22.0 Å². The van der Waals surface area contributed by atoms with Gasteiger partial charge in [0, 0.05) is 34.8 Å². The number of aliphatic hydroxyl groups excluding tert-OH is 1.